The van der Waals surface area contributed by atoms with E-state index < -0.39 is 0 Å². The second-order valence-corrected chi connectivity index (χ2v) is 6.95. The normalized spacial score (nSPS) is 27.6. The van der Waals surface area contributed by atoms with Gasteiger partial charge in [0.2, 0.25) is 0 Å². The molecule has 1 heterocycles. The van der Waals surface area contributed by atoms with Gasteiger partial charge in [-0.25, -0.2) is 0 Å². The molecule has 0 amide bonds. The number of thiophene rings is 1. The van der Waals surface area contributed by atoms with Crippen LogP contribution in [0.1, 0.15) is 37.0 Å². The summed E-state index contributed by atoms with van der Waals surface area (Å²) < 4.78 is 1.22. The van der Waals surface area contributed by atoms with E-state index >= 15 is 0 Å². The van der Waals surface area contributed by atoms with Crippen LogP contribution in [0.25, 0.3) is 0 Å². The molecule has 2 unspecified atom stereocenters. The standard InChI is InChI=1S/C12H16BrClS/c13-10-7-12(15-8-10)6-9-3-1-2-4-11(14)5-9/h7-9,11H,1-6H2. The van der Waals surface area contributed by atoms with Crippen molar-refractivity contribution in [3.8, 4) is 0 Å². The van der Waals surface area contributed by atoms with Gasteiger partial charge in [-0.2, -0.15) is 0 Å². The van der Waals surface area contributed by atoms with E-state index in [9.17, 15) is 0 Å². The van der Waals surface area contributed by atoms with Gasteiger partial charge in [-0.15, -0.1) is 22.9 Å². The summed E-state index contributed by atoms with van der Waals surface area (Å²) in [6.45, 7) is 0. The van der Waals surface area contributed by atoms with Crippen LogP contribution in [0.2, 0.25) is 0 Å². The quantitative estimate of drug-likeness (QED) is 0.518. The number of hydrogen-bond acceptors (Lipinski definition) is 1. The highest BCUT2D eigenvalue weighted by Gasteiger charge is 2.19. The Hall–Kier alpha value is 0.470. The van der Waals surface area contributed by atoms with Crippen LogP contribution in [-0.2, 0) is 6.42 Å². The summed E-state index contributed by atoms with van der Waals surface area (Å²) in [4.78, 5) is 1.50. The summed E-state index contributed by atoms with van der Waals surface area (Å²) >= 11 is 11.7. The average Bonchev–Trinajstić information content (AvgIpc) is 2.46. The number of alkyl halides is 1. The van der Waals surface area contributed by atoms with Crippen LogP contribution in [0.3, 0.4) is 0 Å². The Morgan fingerprint density at radius 3 is 2.93 bits per heavy atom. The van der Waals surface area contributed by atoms with Crippen molar-refractivity contribution >= 4 is 38.9 Å². The molecule has 1 aliphatic carbocycles. The Morgan fingerprint density at radius 2 is 2.20 bits per heavy atom. The van der Waals surface area contributed by atoms with Crippen molar-refractivity contribution in [3.63, 3.8) is 0 Å². The molecular formula is C12H16BrClS. The molecule has 0 aliphatic heterocycles. The maximum absolute atomic E-state index is 6.28. The van der Waals surface area contributed by atoms with Crippen molar-refractivity contribution in [2.75, 3.05) is 0 Å². The van der Waals surface area contributed by atoms with Gasteiger partial charge in [-0.3, -0.25) is 0 Å². The lowest BCUT2D eigenvalue weighted by atomic mass is 9.96. The summed E-state index contributed by atoms with van der Waals surface area (Å²) in [5.41, 5.74) is 0. The molecule has 1 saturated carbocycles. The first-order chi connectivity index (χ1) is 7.24. The molecule has 84 valence electrons. The molecule has 2 rings (SSSR count). The molecule has 3 heteroatoms. The highest BCUT2D eigenvalue weighted by atomic mass is 79.9. The van der Waals surface area contributed by atoms with Crippen molar-refractivity contribution < 1.29 is 0 Å². The third-order valence-electron chi connectivity index (χ3n) is 3.08. The lowest BCUT2D eigenvalue weighted by molar-refractivity contribution is 0.463. The molecule has 0 aromatic carbocycles. The van der Waals surface area contributed by atoms with Gasteiger partial charge in [0.15, 0.2) is 0 Å². The topological polar surface area (TPSA) is 0 Å². The molecule has 2 atom stereocenters. The van der Waals surface area contributed by atoms with Gasteiger partial charge in [0.05, 0.1) is 0 Å². The highest BCUT2D eigenvalue weighted by Crippen LogP contribution is 2.31. The van der Waals surface area contributed by atoms with Crippen molar-refractivity contribution in [2.45, 2.75) is 43.9 Å². The summed E-state index contributed by atoms with van der Waals surface area (Å²) in [5, 5.41) is 2.59. The molecule has 0 saturated heterocycles. The first-order valence-corrected chi connectivity index (χ1v) is 7.72. The van der Waals surface area contributed by atoms with Crippen LogP contribution in [0.15, 0.2) is 15.9 Å². The Labute approximate surface area is 109 Å². The van der Waals surface area contributed by atoms with Crippen molar-refractivity contribution in [1.82, 2.24) is 0 Å². The van der Waals surface area contributed by atoms with Gasteiger partial charge < -0.3 is 0 Å². The van der Waals surface area contributed by atoms with Crippen LogP contribution in [0.4, 0.5) is 0 Å². The second-order valence-electron chi connectivity index (χ2n) is 4.42. The second kappa shape index (κ2) is 5.70. The highest BCUT2D eigenvalue weighted by molar-refractivity contribution is 9.10. The Bertz CT molecular complexity index is 310. The zero-order valence-corrected chi connectivity index (χ0v) is 11.9. The zero-order chi connectivity index (χ0) is 10.7. The van der Waals surface area contributed by atoms with Crippen molar-refractivity contribution in [1.29, 1.82) is 0 Å². The molecule has 1 aromatic rings. The van der Waals surface area contributed by atoms with Gasteiger partial charge in [0.25, 0.3) is 0 Å². The largest absolute Gasteiger partial charge is 0.148 e. The van der Waals surface area contributed by atoms with Gasteiger partial charge in [0.1, 0.15) is 0 Å². The predicted octanol–water partition coefficient (Wildman–Crippen LogP) is 5.24. The molecule has 0 N–H and O–H groups in total. The lowest BCUT2D eigenvalue weighted by Crippen LogP contribution is -2.07. The van der Waals surface area contributed by atoms with Crippen molar-refractivity contribution in [3.05, 3.63) is 20.8 Å². The maximum Gasteiger partial charge on any atom is 0.0338 e. The fourth-order valence-corrected chi connectivity index (χ4v) is 4.30. The van der Waals surface area contributed by atoms with Crippen LogP contribution >= 0.6 is 38.9 Å². The number of rotatable bonds is 2. The molecular weight excluding hydrogens is 292 g/mol. The van der Waals surface area contributed by atoms with E-state index in [1.807, 2.05) is 11.3 Å². The third-order valence-corrected chi connectivity index (χ3v) is 5.20. The summed E-state index contributed by atoms with van der Waals surface area (Å²) in [7, 11) is 0. The SMILES string of the molecule is ClC1CCCCC(Cc2cc(Br)cs2)C1. The minimum Gasteiger partial charge on any atom is -0.148 e. The summed E-state index contributed by atoms with van der Waals surface area (Å²) in [5.74, 6) is 0.806. The number of hydrogen-bond donors (Lipinski definition) is 0. The van der Waals surface area contributed by atoms with Crippen LogP contribution in [0.5, 0.6) is 0 Å². The van der Waals surface area contributed by atoms with E-state index in [0.717, 1.165) is 5.92 Å². The minimum absolute atomic E-state index is 0.418. The maximum atomic E-state index is 6.28. The van der Waals surface area contributed by atoms with Crippen LogP contribution in [0, 0.1) is 5.92 Å². The molecule has 0 radical (unpaired) electrons. The zero-order valence-electron chi connectivity index (χ0n) is 8.72. The van der Waals surface area contributed by atoms with Crippen LogP contribution in [-0.4, -0.2) is 5.38 Å². The molecule has 1 aromatic heterocycles. The predicted molar refractivity (Wildman–Crippen MR) is 71.9 cm³/mol. The monoisotopic (exact) mass is 306 g/mol. The minimum atomic E-state index is 0.418. The molecule has 0 spiro atoms. The van der Waals surface area contributed by atoms with Gasteiger partial charge in [0, 0.05) is 20.1 Å². The molecule has 1 aliphatic rings. The van der Waals surface area contributed by atoms with E-state index in [-0.39, 0.29) is 0 Å². The van der Waals surface area contributed by atoms with Crippen molar-refractivity contribution in [2.24, 2.45) is 5.92 Å². The van der Waals surface area contributed by atoms with E-state index in [1.165, 1.54) is 47.9 Å². The Kier molecular flexibility index (Phi) is 4.53. The van der Waals surface area contributed by atoms with Gasteiger partial charge >= 0.3 is 0 Å². The molecule has 0 nitrogen and oxygen atoms in total. The van der Waals surface area contributed by atoms with E-state index in [0.29, 0.717) is 5.38 Å². The third kappa shape index (κ3) is 3.76. The van der Waals surface area contributed by atoms with E-state index in [1.54, 1.807) is 0 Å². The van der Waals surface area contributed by atoms with Gasteiger partial charge in [-0.05, 0) is 47.2 Å². The summed E-state index contributed by atoms with van der Waals surface area (Å²) in [6, 6.07) is 2.25. The first kappa shape index (κ1) is 11.9. The smallest absolute Gasteiger partial charge is 0.0338 e. The van der Waals surface area contributed by atoms with Gasteiger partial charge in [-0.1, -0.05) is 19.3 Å². The summed E-state index contributed by atoms with van der Waals surface area (Å²) in [6.07, 6.45) is 7.68. The fourth-order valence-electron chi connectivity index (χ4n) is 2.33. The Balaban J connectivity index is 1.92. The van der Waals surface area contributed by atoms with Crippen LogP contribution < -0.4 is 0 Å². The number of halogens is 2. The first-order valence-electron chi connectivity index (χ1n) is 5.61. The average molecular weight is 308 g/mol. The van der Waals surface area contributed by atoms with E-state index in [4.69, 9.17) is 11.6 Å². The molecule has 0 bridgehead atoms. The molecule has 15 heavy (non-hydrogen) atoms. The lowest BCUT2D eigenvalue weighted by Gasteiger charge is -2.14. The Morgan fingerprint density at radius 1 is 1.40 bits per heavy atom. The molecule has 1 fully saturated rings. The fraction of sp³-hybridized carbons (Fsp3) is 0.667. The van der Waals surface area contributed by atoms with E-state index in [2.05, 4.69) is 27.4 Å².